The van der Waals surface area contributed by atoms with Gasteiger partial charge in [0.25, 0.3) is 0 Å². The molecule has 1 unspecified atom stereocenters. The molecular formula is C23H37N3O4. The first-order valence-corrected chi connectivity index (χ1v) is 11.1. The highest BCUT2D eigenvalue weighted by Gasteiger charge is 2.34. The topological polar surface area (TPSA) is 73.3 Å². The number of nitrogens with one attached hydrogen (secondary N) is 2. The molecule has 2 aliphatic heterocycles. The zero-order valence-electron chi connectivity index (χ0n) is 18.5. The van der Waals surface area contributed by atoms with Crippen LogP contribution in [0.1, 0.15) is 37.7 Å². The van der Waals surface area contributed by atoms with Gasteiger partial charge in [0.05, 0.1) is 19.8 Å². The quantitative estimate of drug-likeness (QED) is 0.345. The first kappa shape index (κ1) is 22.8. The summed E-state index contributed by atoms with van der Waals surface area (Å²) in [5, 5.41) is 6.93. The molecule has 1 aromatic rings. The van der Waals surface area contributed by atoms with Crippen LogP contribution in [0.3, 0.4) is 0 Å². The summed E-state index contributed by atoms with van der Waals surface area (Å²) in [6, 6.07) is 8.42. The summed E-state index contributed by atoms with van der Waals surface area (Å²) in [5.74, 6) is 1.71. The standard InChI is InChI=1S/C23H37N3O4/c1-24-22(25-12-4-13-29-17-21-5-3-14-30-21)26-18-23(10-15-28-16-11-23)19-6-8-20(27-2)9-7-19/h6-9,21H,3-5,10-18H2,1-2H3,(H2,24,25,26). The Morgan fingerprint density at radius 3 is 2.63 bits per heavy atom. The lowest BCUT2D eigenvalue weighted by atomic mass is 9.74. The van der Waals surface area contributed by atoms with E-state index in [1.165, 1.54) is 5.56 Å². The fourth-order valence-corrected chi connectivity index (χ4v) is 4.12. The lowest BCUT2D eigenvalue weighted by molar-refractivity contribution is 0.0168. The molecule has 1 aromatic carbocycles. The Labute approximate surface area is 180 Å². The Morgan fingerprint density at radius 1 is 1.17 bits per heavy atom. The van der Waals surface area contributed by atoms with Crippen molar-refractivity contribution in [3.8, 4) is 5.75 Å². The van der Waals surface area contributed by atoms with Gasteiger partial charge in [0.15, 0.2) is 5.96 Å². The van der Waals surface area contributed by atoms with Gasteiger partial charge < -0.3 is 29.6 Å². The first-order valence-electron chi connectivity index (χ1n) is 11.1. The molecule has 7 nitrogen and oxygen atoms in total. The van der Waals surface area contributed by atoms with Crippen LogP contribution < -0.4 is 15.4 Å². The summed E-state index contributed by atoms with van der Waals surface area (Å²) in [4.78, 5) is 4.39. The van der Waals surface area contributed by atoms with E-state index < -0.39 is 0 Å². The molecule has 0 saturated carbocycles. The SMILES string of the molecule is CN=C(NCCCOCC1CCCO1)NCC1(c2ccc(OC)cc2)CCOCC1. The minimum atomic E-state index is 0.0343. The van der Waals surface area contributed by atoms with E-state index in [2.05, 4.69) is 27.8 Å². The maximum Gasteiger partial charge on any atom is 0.191 e. The van der Waals surface area contributed by atoms with E-state index in [4.69, 9.17) is 18.9 Å². The van der Waals surface area contributed by atoms with Crippen LogP contribution in [-0.2, 0) is 19.6 Å². The number of hydrogen-bond acceptors (Lipinski definition) is 5. The third-order valence-electron chi connectivity index (χ3n) is 6.06. The predicted molar refractivity (Wildman–Crippen MR) is 118 cm³/mol. The van der Waals surface area contributed by atoms with Gasteiger partial charge in [0, 0.05) is 52.0 Å². The highest BCUT2D eigenvalue weighted by Crippen LogP contribution is 2.35. The van der Waals surface area contributed by atoms with Gasteiger partial charge in [-0.15, -0.1) is 0 Å². The summed E-state index contributed by atoms with van der Waals surface area (Å²) in [6.45, 7) is 5.52. The van der Waals surface area contributed by atoms with E-state index in [1.54, 1.807) is 7.11 Å². The number of benzene rings is 1. The minimum Gasteiger partial charge on any atom is -0.497 e. The van der Waals surface area contributed by atoms with Crippen LogP contribution in [0.5, 0.6) is 5.75 Å². The first-order chi connectivity index (χ1) is 14.8. The minimum absolute atomic E-state index is 0.0343. The van der Waals surface area contributed by atoms with Gasteiger partial charge >= 0.3 is 0 Å². The van der Waals surface area contributed by atoms with Crippen LogP contribution in [0, 0.1) is 0 Å². The van der Waals surface area contributed by atoms with Gasteiger partial charge in [0.1, 0.15) is 5.75 Å². The summed E-state index contributed by atoms with van der Waals surface area (Å²) in [5.41, 5.74) is 1.35. The molecule has 30 heavy (non-hydrogen) atoms. The van der Waals surface area contributed by atoms with E-state index >= 15 is 0 Å². The fourth-order valence-electron chi connectivity index (χ4n) is 4.12. The molecule has 0 spiro atoms. The fraction of sp³-hybridized carbons (Fsp3) is 0.696. The van der Waals surface area contributed by atoms with Crippen LogP contribution in [0.15, 0.2) is 29.3 Å². The molecule has 2 heterocycles. The Bertz CT molecular complexity index is 638. The number of hydrogen-bond donors (Lipinski definition) is 2. The monoisotopic (exact) mass is 419 g/mol. The van der Waals surface area contributed by atoms with Crippen molar-refractivity contribution in [2.75, 3.05) is 60.3 Å². The highest BCUT2D eigenvalue weighted by atomic mass is 16.5. The van der Waals surface area contributed by atoms with Crippen LogP contribution >= 0.6 is 0 Å². The molecule has 0 aromatic heterocycles. The van der Waals surface area contributed by atoms with Crippen molar-refractivity contribution in [2.24, 2.45) is 4.99 Å². The summed E-state index contributed by atoms with van der Waals surface area (Å²) in [6.07, 6.45) is 5.48. The highest BCUT2D eigenvalue weighted by molar-refractivity contribution is 5.79. The Morgan fingerprint density at radius 2 is 1.97 bits per heavy atom. The summed E-state index contributed by atoms with van der Waals surface area (Å²) < 4.78 is 22.3. The average molecular weight is 420 g/mol. The smallest absolute Gasteiger partial charge is 0.191 e. The molecule has 1 atom stereocenters. The maximum absolute atomic E-state index is 5.73. The molecule has 3 rings (SSSR count). The lowest BCUT2D eigenvalue weighted by Gasteiger charge is -2.38. The van der Waals surface area contributed by atoms with Crippen molar-refractivity contribution in [2.45, 2.75) is 43.6 Å². The Kier molecular flexibility index (Phi) is 9.24. The van der Waals surface area contributed by atoms with Crippen molar-refractivity contribution >= 4 is 5.96 Å². The van der Waals surface area contributed by atoms with Gasteiger partial charge in [-0.2, -0.15) is 0 Å². The molecule has 0 radical (unpaired) electrons. The molecule has 0 aliphatic carbocycles. The van der Waals surface area contributed by atoms with Gasteiger partial charge in [-0.3, -0.25) is 4.99 Å². The molecule has 2 N–H and O–H groups in total. The van der Waals surface area contributed by atoms with Crippen molar-refractivity contribution in [3.05, 3.63) is 29.8 Å². The molecule has 168 valence electrons. The summed E-state index contributed by atoms with van der Waals surface area (Å²) in [7, 11) is 3.51. The van der Waals surface area contributed by atoms with Gasteiger partial charge in [-0.05, 0) is 49.8 Å². The normalized spacial score (nSPS) is 21.4. The summed E-state index contributed by atoms with van der Waals surface area (Å²) >= 11 is 0. The van der Waals surface area contributed by atoms with E-state index in [-0.39, 0.29) is 5.41 Å². The number of rotatable bonds is 10. The number of nitrogens with zero attached hydrogens (tertiary/aromatic N) is 1. The Balaban J connectivity index is 1.43. The second-order valence-electron chi connectivity index (χ2n) is 8.04. The molecule has 7 heteroatoms. The van der Waals surface area contributed by atoms with Gasteiger partial charge in [-0.1, -0.05) is 12.1 Å². The molecule has 0 bridgehead atoms. The van der Waals surface area contributed by atoms with Crippen molar-refractivity contribution in [1.29, 1.82) is 0 Å². The van der Waals surface area contributed by atoms with E-state index in [1.807, 2.05) is 19.2 Å². The predicted octanol–water partition coefficient (Wildman–Crippen LogP) is 2.49. The van der Waals surface area contributed by atoms with Crippen LogP contribution in [-0.4, -0.2) is 72.3 Å². The average Bonchev–Trinajstić information content (AvgIpc) is 3.32. The second-order valence-corrected chi connectivity index (χ2v) is 8.04. The van der Waals surface area contributed by atoms with Crippen molar-refractivity contribution < 1.29 is 18.9 Å². The molecular weight excluding hydrogens is 382 g/mol. The van der Waals surface area contributed by atoms with Crippen LogP contribution in [0.4, 0.5) is 0 Å². The second kappa shape index (κ2) is 12.1. The molecule has 2 aliphatic rings. The van der Waals surface area contributed by atoms with Crippen LogP contribution in [0.2, 0.25) is 0 Å². The third kappa shape index (κ3) is 6.59. The van der Waals surface area contributed by atoms with E-state index in [9.17, 15) is 0 Å². The zero-order valence-corrected chi connectivity index (χ0v) is 18.5. The van der Waals surface area contributed by atoms with Crippen molar-refractivity contribution in [1.82, 2.24) is 10.6 Å². The number of methoxy groups -OCH3 is 1. The number of aliphatic imine (C=N–C) groups is 1. The number of ether oxygens (including phenoxy) is 4. The van der Waals surface area contributed by atoms with Crippen molar-refractivity contribution in [3.63, 3.8) is 0 Å². The van der Waals surface area contributed by atoms with Crippen LogP contribution in [0.25, 0.3) is 0 Å². The Hall–Kier alpha value is -1.83. The molecule has 0 amide bonds. The third-order valence-corrected chi connectivity index (χ3v) is 6.06. The lowest BCUT2D eigenvalue weighted by Crippen LogP contribution is -2.48. The van der Waals surface area contributed by atoms with E-state index in [0.29, 0.717) is 12.7 Å². The molecule has 2 fully saturated rings. The molecule has 2 saturated heterocycles. The largest absolute Gasteiger partial charge is 0.497 e. The number of guanidine groups is 1. The maximum atomic E-state index is 5.73. The van der Waals surface area contributed by atoms with E-state index in [0.717, 1.165) is 83.3 Å². The van der Waals surface area contributed by atoms with Gasteiger partial charge in [-0.25, -0.2) is 0 Å². The van der Waals surface area contributed by atoms with Gasteiger partial charge in [0.2, 0.25) is 0 Å². The zero-order chi connectivity index (χ0) is 21.1.